The molecule has 0 radical (unpaired) electrons. The maximum Gasteiger partial charge on any atom is 0.192 e. The molecule has 0 N–H and O–H groups in total. The van der Waals surface area contributed by atoms with Crippen molar-refractivity contribution in [1.29, 1.82) is 0 Å². The molecule has 0 saturated carbocycles. The van der Waals surface area contributed by atoms with E-state index >= 15 is 0 Å². The minimum absolute atomic E-state index is 0.0303. The van der Waals surface area contributed by atoms with Crippen LogP contribution < -0.4 is 0 Å². The van der Waals surface area contributed by atoms with Crippen LogP contribution in [0.25, 0.3) is 16.9 Å². The summed E-state index contributed by atoms with van der Waals surface area (Å²) in [6.07, 6.45) is 7.60. The van der Waals surface area contributed by atoms with E-state index in [2.05, 4.69) is 9.97 Å². The van der Waals surface area contributed by atoms with Crippen LogP contribution in [0.5, 0.6) is 0 Å². The van der Waals surface area contributed by atoms with Crippen molar-refractivity contribution in [2.24, 2.45) is 0 Å². The Balaban J connectivity index is 1.98. The minimum atomic E-state index is -3.33. The number of nitrogens with zero attached hydrogens (tertiary/aromatic N) is 3. The van der Waals surface area contributed by atoms with Crippen LogP contribution in [-0.4, -0.2) is 40.0 Å². The van der Waals surface area contributed by atoms with Crippen LogP contribution in [0.3, 0.4) is 0 Å². The average Bonchev–Trinajstić information content (AvgIpc) is 3.04. The van der Waals surface area contributed by atoms with Crippen molar-refractivity contribution in [3.8, 4) is 16.9 Å². The molecule has 1 atom stereocenters. The molecular formula is C16H15N3O3S2. The number of aromatic nitrogens is 3. The first kappa shape index (κ1) is 16.7. The Kier molecular flexibility index (Phi) is 4.44. The number of hydrogen-bond acceptors (Lipinski definition) is 5. The second-order valence-corrected chi connectivity index (χ2v) is 8.60. The predicted octanol–water partition coefficient (Wildman–Crippen LogP) is 2.08. The van der Waals surface area contributed by atoms with Gasteiger partial charge in [-0.25, -0.2) is 18.4 Å². The van der Waals surface area contributed by atoms with Gasteiger partial charge >= 0.3 is 0 Å². The lowest BCUT2D eigenvalue weighted by Crippen LogP contribution is -2.02. The number of pyridine rings is 1. The monoisotopic (exact) mass is 361 g/mol. The molecule has 6 nitrogen and oxygen atoms in total. The second kappa shape index (κ2) is 6.39. The number of sulfone groups is 1. The quantitative estimate of drug-likeness (QED) is 0.664. The first-order chi connectivity index (χ1) is 11.4. The zero-order valence-corrected chi connectivity index (χ0v) is 14.7. The summed E-state index contributed by atoms with van der Waals surface area (Å²) in [5, 5.41) is 0.0303. The number of hydrogen-bond donors (Lipinski definition) is 0. The Morgan fingerprint density at radius 2 is 1.79 bits per heavy atom. The number of benzene rings is 1. The van der Waals surface area contributed by atoms with Gasteiger partial charge in [-0.15, -0.1) is 0 Å². The summed E-state index contributed by atoms with van der Waals surface area (Å²) in [5.74, 6) is 0. The van der Waals surface area contributed by atoms with Crippen LogP contribution in [0, 0.1) is 0 Å². The molecule has 24 heavy (non-hydrogen) atoms. The Labute approximate surface area is 143 Å². The van der Waals surface area contributed by atoms with Gasteiger partial charge in [0.05, 0.1) is 30.1 Å². The van der Waals surface area contributed by atoms with Crippen molar-refractivity contribution < 1.29 is 13.0 Å². The summed E-state index contributed by atoms with van der Waals surface area (Å²) < 4.78 is 36.3. The molecule has 2 heterocycles. The van der Waals surface area contributed by atoms with Gasteiger partial charge in [0.25, 0.3) is 0 Å². The molecule has 0 bridgehead atoms. The molecule has 0 aliphatic carbocycles. The molecule has 1 aromatic carbocycles. The molecule has 1 unspecified atom stereocenters. The largest absolute Gasteiger partial charge is 0.612 e. The lowest BCUT2D eigenvalue weighted by atomic mass is 10.1. The fourth-order valence-corrected chi connectivity index (χ4v) is 3.34. The molecule has 0 amide bonds. The van der Waals surface area contributed by atoms with E-state index in [0.29, 0.717) is 5.69 Å². The van der Waals surface area contributed by atoms with Gasteiger partial charge in [-0.2, -0.15) is 0 Å². The van der Waals surface area contributed by atoms with Crippen LogP contribution in [0.2, 0.25) is 0 Å². The zero-order valence-electron chi connectivity index (χ0n) is 13.1. The van der Waals surface area contributed by atoms with Gasteiger partial charge < -0.3 is 4.55 Å². The Morgan fingerprint density at radius 1 is 1.08 bits per heavy atom. The summed E-state index contributed by atoms with van der Waals surface area (Å²) in [5.41, 5.74) is 2.45. The van der Waals surface area contributed by atoms with Gasteiger partial charge in [-0.05, 0) is 47.6 Å². The lowest BCUT2D eigenvalue weighted by molar-refractivity contribution is 0.597. The van der Waals surface area contributed by atoms with E-state index in [0.717, 1.165) is 22.4 Å². The highest BCUT2D eigenvalue weighted by Gasteiger charge is 2.12. The third-order valence-corrected chi connectivity index (χ3v) is 5.44. The van der Waals surface area contributed by atoms with Gasteiger partial charge in [-0.1, -0.05) is 0 Å². The molecule has 3 aromatic rings. The van der Waals surface area contributed by atoms with E-state index in [1.807, 2.05) is 28.8 Å². The van der Waals surface area contributed by atoms with Crippen LogP contribution in [0.15, 0.2) is 65.0 Å². The van der Waals surface area contributed by atoms with E-state index in [-0.39, 0.29) is 5.03 Å². The summed E-state index contributed by atoms with van der Waals surface area (Å²) in [7, 11) is -3.33. The summed E-state index contributed by atoms with van der Waals surface area (Å²) in [6, 6.07) is 10.5. The van der Waals surface area contributed by atoms with Gasteiger partial charge in [0.1, 0.15) is 6.26 Å². The highest BCUT2D eigenvalue weighted by molar-refractivity contribution is 7.90. The topological polar surface area (TPSA) is 87.9 Å². The highest BCUT2D eigenvalue weighted by atomic mass is 32.2. The van der Waals surface area contributed by atoms with Crippen LogP contribution in [0.1, 0.15) is 0 Å². The summed E-state index contributed by atoms with van der Waals surface area (Å²) >= 11 is -1.03. The molecular weight excluding hydrogens is 346 g/mol. The fourth-order valence-electron chi connectivity index (χ4n) is 2.27. The van der Waals surface area contributed by atoms with Crippen molar-refractivity contribution in [3.63, 3.8) is 0 Å². The Bertz CT molecular complexity index is 947. The SMILES string of the molecule is C[S+]([O-])c1ccc(-c2cncn2-c2ccc(S(C)(=O)=O)nc2)cc1. The van der Waals surface area contributed by atoms with Crippen molar-refractivity contribution in [3.05, 3.63) is 55.1 Å². The van der Waals surface area contributed by atoms with Gasteiger partial charge in [0.2, 0.25) is 0 Å². The smallest absolute Gasteiger partial charge is 0.192 e. The van der Waals surface area contributed by atoms with Crippen molar-refractivity contribution in [1.82, 2.24) is 14.5 Å². The van der Waals surface area contributed by atoms with Crippen molar-refractivity contribution in [2.75, 3.05) is 12.5 Å². The molecule has 3 rings (SSSR count). The standard InChI is InChI=1S/C16H15N3O3S2/c1-23(20)14-6-3-12(4-7-14)15-10-17-11-19(15)13-5-8-16(18-9-13)24(2,21)22/h3-11H,1-2H3. The van der Waals surface area contributed by atoms with Crippen molar-refractivity contribution >= 4 is 21.0 Å². The first-order valence-electron chi connectivity index (χ1n) is 6.99. The van der Waals surface area contributed by atoms with Gasteiger partial charge in [-0.3, -0.25) is 4.57 Å². The molecule has 124 valence electrons. The van der Waals surface area contributed by atoms with Crippen LogP contribution >= 0.6 is 0 Å². The maximum atomic E-state index is 11.5. The first-order valence-corrected chi connectivity index (χ1v) is 10.4. The van der Waals surface area contributed by atoms with E-state index < -0.39 is 21.0 Å². The normalized spacial score (nSPS) is 13.0. The van der Waals surface area contributed by atoms with Crippen LogP contribution in [0.4, 0.5) is 0 Å². The molecule has 0 saturated heterocycles. The Morgan fingerprint density at radius 3 is 2.33 bits per heavy atom. The molecule has 0 aliphatic heterocycles. The van der Waals surface area contributed by atoms with Crippen molar-refractivity contribution in [2.45, 2.75) is 9.92 Å². The third-order valence-electron chi connectivity index (χ3n) is 3.50. The Hall–Kier alpha value is -2.16. The molecule has 0 fully saturated rings. The van der Waals surface area contributed by atoms with Gasteiger partial charge in [0, 0.05) is 11.8 Å². The zero-order chi connectivity index (χ0) is 17.3. The van der Waals surface area contributed by atoms with E-state index in [4.69, 9.17) is 0 Å². The fraction of sp³-hybridized carbons (Fsp3) is 0.125. The number of imidazole rings is 1. The number of rotatable bonds is 4. The molecule has 0 spiro atoms. The summed E-state index contributed by atoms with van der Waals surface area (Å²) in [4.78, 5) is 8.92. The maximum absolute atomic E-state index is 11.5. The molecule has 2 aromatic heterocycles. The van der Waals surface area contributed by atoms with Gasteiger partial charge in [0.15, 0.2) is 19.8 Å². The second-order valence-electron chi connectivity index (χ2n) is 5.25. The predicted molar refractivity (Wildman–Crippen MR) is 92.2 cm³/mol. The van der Waals surface area contributed by atoms with E-state index in [1.54, 1.807) is 24.8 Å². The minimum Gasteiger partial charge on any atom is -0.612 e. The molecule has 0 aliphatic rings. The average molecular weight is 361 g/mol. The molecule has 8 heteroatoms. The third kappa shape index (κ3) is 3.35. The van der Waals surface area contributed by atoms with Crippen LogP contribution in [-0.2, 0) is 21.0 Å². The highest BCUT2D eigenvalue weighted by Crippen LogP contribution is 2.24. The lowest BCUT2D eigenvalue weighted by Gasteiger charge is -2.09. The summed E-state index contributed by atoms with van der Waals surface area (Å²) in [6.45, 7) is 0. The van der Waals surface area contributed by atoms with E-state index in [1.165, 1.54) is 12.3 Å². The van der Waals surface area contributed by atoms with E-state index in [9.17, 15) is 13.0 Å².